The minimum atomic E-state index is 0.161. The van der Waals surface area contributed by atoms with Gasteiger partial charge >= 0.3 is 12.0 Å². The molecule has 0 aliphatic carbocycles. The van der Waals surface area contributed by atoms with Crippen LogP contribution in [0.15, 0.2) is 182 Å². The van der Waals surface area contributed by atoms with Gasteiger partial charge in [0.15, 0.2) is 0 Å². The van der Waals surface area contributed by atoms with Crippen LogP contribution < -0.4 is 29.6 Å². The number of hydrogen-bond donors (Lipinski definition) is 2. The van der Waals surface area contributed by atoms with E-state index in [9.17, 15) is 0 Å². The second-order valence-corrected chi connectivity index (χ2v) is 12.2. The van der Waals surface area contributed by atoms with Crippen molar-refractivity contribution in [2.24, 2.45) is 0 Å². The van der Waals surface area contributed by atoms with Crippen LogP contribution in [-0.2, 0) is 0 Å². The van der Waals surface area contributed by atoms with Crippen molar-refractivity contribution in [3.8, 4) is 46.8 Å². The maximum absolute atomic E-state index is 6.01. The highest BCUT2D eigenvalue weighted by Crippen LogP contribution is 2.30. The molecule has 2 N–H and O–H groups in total. The van der Waals surface area contributed by atoms with Crippen molar-refractivity contribution in [3.63, 3.8) is 0 Å². The molecule has 0 atom stereocenters. The first-order chi connectivity index (χ1) is 27.6. The summed E-state index contributed by atoms with van der Waals surface area (Å²) in [7, 11) is 0. The van der Waals surface area contributed by atoms with Crippen LogP contribution in [0.1, 0.15) is 11.1 Å². The van der Waals surface area contributed by atoms with Crippen LogP contribution in [0.5, 0.6) is 46.8 Å². The molecule has 0 amide bonds. The lowest BCUT2D eigenvalue weighted by molar-refractivity contribution is 0.412. The van der Waals surface area contributed by atoms with Crippen LogP contribution in [0.2, 0.25) is 0 Å². The molecule has 10 nitrogen and oxygen atoms in total. The molecule has 272 valence electrons. The number of anilines is 4. The minimum absolute atomic E-state index is 0.161. The van der Waals surface area contributed by atoms with Crippen LogP contribution in [0.25, 0.3) is 12.2 Å². The van der Waals surface area contributed by atoms with Crippen molar-refractivity contribution in [2.75, 3.05) is 10.6 Å². The molecule has 56 heavy (non-hydrogen) atoms. The zero-order valence-corrected chi connectivity index (χ0v) is 29.9. The zero-order valence-electron chi connectivity index (χ0n) is 29.9. The van der Waals surface area contributed by atoms with E-state index in [0.29, 0.717) is 46.4 Å². The van der Waals surface area contributed by atoms with Crippen molar-refractivity contribution in [1.29, 1.82) is 0 Å². The van der Waals surface area contributed by atoms with Crippen molar-refractivity contribution in [3.05, 3.63) is 193 Å². The highest BCUT2D eigenvalue weighted by atomic mass is 16.5. The maximum atomic E-state index is 6.01. The fraction of sp³-hybridized carbons (Fsp3) is 0. The zero-order chi connectivity index (χ0) is 37.8. The predicted molar refractivity (Wildman–Crippen MR) is 219 cm³/mol. The van der Waals surface area contributed by atoms with E-state index in [-0.39, 0.29) is 12.0 Å². The Kier molecular flexibility index (Phi) is 10.8. The number of hydrogen-bond acceptors (Lipinski definition) is 10. The van der Waals surface area contributed by atoms with Crippen molar-refractivity contribution < 1.29 is 18.9 Å². The van der Waals surface area contributed by atoms with E-state index in [1.54, 1.807) is 12.1 Å². The standard InChI is InChI=1S/C46H34N6O4/c1-5-13-37(14-6-1)53-43-31-41(49-45(51-43)55-39-17-9-3-10-18-39)47-35-27-23-33(24-28-35)21-22-34-25-29-36(30-26-34)48-42-32-44(54-38-15-7-2-8-16-38)52-46(50-42)56-40-19-11-4-12-20-40/h1-32H,(H,47,49,51)(H,48,50,52). The molecule has 0 aliphatic rings. The first-order valence-electron chi connectivity index (χ1n) is 17.8. The Morgan fingerprint density at radius 2 is 0.661 bits per heavy atom. The molecule has 0 bridgehead atoms. The third-order valence-corrected chi connectivity index (χ3v) is 8.03. The molecule has 6 aromatic carbocycles. The van der Waals surface area contributed by atoms with E-state index in [0.717, 1.165) is 22.5 Å². The second kappa shape index (κ2) is 17.2. The van der Waals surface area contributed by atoms with Gasteiger partial charge < -0.3 is 29.6 Å². The quantitative estimate of drug-likeness (QED) is 0.105. The lowest BCUT2D eigenvalue weighted by Crippen LogP contribution is -2.00. The van der Waals surface area contributed by atoms with Gasteiger partial charge in [-0.3, -0.25) is 0 Å². The second-order valence-electron chi connectivity index (χ2n) is 12.2. The van der Waals surface area contributed by atoms with Gasteiger partial charge in [0.25, 0.3) is 0 Å². The predicted octanol–water partition coefficient (Wildman–Crippen LogP) is 12.1. The van der Waals surface area contributed by atoms with E-state index >= 15 is 0 Å². The number of rotatable bonds is 14. The molecular formula is C46H34N6O4. The number of nitrogens with zero attached hydrogens (tertiary/aromatic N) is 4. The molecule has 0 saturated carbocycles. The number of aromatic nitrogens is 4. The molecule has 0 fully saturated rings. The van der Waals surface area contributed by atoms with Gasteiger partial charge in [-0.2, -0.15) is 19.9 Å². The first kappa shape index (κ1) is 35.1. The highest BCUT2D eigenvalue weighted by Gasteiger charge is 2.12. The number of benzene rings is 6. The van der Waals surface area contributed by atoms with Gasteiger partial charge in [0.2, 0.25) is 11.8 Å². The van der Waals surface area contributed by atoms with Crippen molar-refractivity contribution in [2.45, 2.75) is 0 Å². The molecule has 8 aromatic rings. The monoisotopic (exact) mass is 734 g/mol. The average molecular weight is 735 g/mol. The van der Waals surface area contributed by atoms with Gasteiger partial charge in [0, 0.05) is 23.5 Å². The molecule has 0 radical (unpaired) electrons. The van der Waals surface area contributed by atoms with Gasteiger partial charge in [-0.05, 0) is 83.9 Å². The number of nitrogens with one attached hydrogen (secondary N) is 2. The number of ether oxygens (including phenoxy) is 4. The Labute approximate surface area is 323 Å². The van der Waals surface area contributed by atoms with E-state index in [2.05, 4.69) is 42.7 Å². The molecular weight excluding hydrogens is 701 g/mol. The van der Waals surface area contributed by atoms with Gasteiger partial charge in [-0.15, -0.1) is 0 Å². The first-order valence-corrected chi connectivity index (χ1v) is 17.8. The van der Waals surface area contributed by atoms with E-state index in [1.807, 2.05) is 170 Å². The van der Waals surface area contributed by atoms with Crippen molar-refractivity contribution in [1.82, 2.24) is 19.9 Å². The topological polar surface area (TPSA) is 113 Å². The highest BCUT2D eigenvalue weighted by molar-refractivity contribution is 5.72. The maximum Gasteiger partial charge on any atom is 0.327 e. The average Bonchev–Trinajstić information content (AvgIpc) is 3.22. The summed E-state index contributed by atoms with van der Waals surface area (Å²) >= 11 is 0. The van der Waals surface area contributed by atoms with Crippen LogP contribution in [0.4, 0.5) is 23.0 Å². The molecule has 0 spiro atoms. The third kappa shape index (κ3) is 9.91. The minimum Gasteiger partial charge on any atom is -0.439 e. The SMILES string of the molecule is C(=Cc1ccc(Nc2cc(Oc3ccccc3)nc(Oc3ccccc3)n2)cc1)c1ccc(Nc2cc(Oc3ccccc3)nc(Oc3ccccc3)n2)cc1. The molecule has 2 heterocycles. The van der Waals surface area contributed by atoms with Crippen molar-refractivity contribution >= 4 is 35.2 Å². The van der Waals surface area contributed by atoms with Gasteiger partial charge in [-0.25, -0.2) is 0 Å². The Hall–Kier alpha value is -7.98. The summed E-state index contributed by atoms with van der Waals surface area (Å²) in [5, 5.41) is 6.69. The Morgan fingerprint density at radius 1 is 0.339 bits per heavy atom. The van der Waals surface area contributed by atoms with E-state index < -0.39 is 0 Å². The smallest absolute Gasteiger partial charge is 0.327 e. The van der Waals surface area contributed by atoms with Crippen LogP contribution in [0, 0.1) is 0 Å². The lowest BCUT2D eigenvalue weighted by atomic mass is 10.1. The fourth-order valence-corrected chi connectivity index (χ4v) is 5.38. The summed E-state index contributed by atoms with van der Waals surface area (Å²) < 4.78 is 23.9. The summed E-state index contributed by atoms with van der Waals surface area (Å²) in [5.74, 6) is 4.29. The fourth-order valence-electron chi connectivity index (χ4n) is 5.38. The van der Waals surface area contributed by atoms with Gasteiger partial charge in [-0.1, -0.05) is 109 Å². The van der Waals surface area contributed by atoms with Gasteiger partial charge in [0.1, 0.15) is 34.6 Å². The normalized spacial score (nSPS) is 10.8. The third-order valence-electron chi connectivity index (χ3n) is 8.03. The summed E-state index contributed by atoms with van der Waals surface area (Å²) in [6.07, 6.45) is 4.11. The van der Waals surface area contributed by atoms with E-state index in [4.69, 9.17) is 18.9 Å². The molecule has 0 saturated heterocycles. The van der Waals surface area contributed by atoms with E-state index in [1.165, 1.54) is 0 Å². The molecule has 0 unspecified atom stereocenters. The van der Waals surface area contributed by atoms with Crippen LogP contribution in [0.3, 0.4) is 0 Å². The van der Waals surface area contributed by atoms with Crippen LogP contribution in [-0.4, -0.2) is 19.9 Å². The lowest BCUT2D eigenvalue weighted by Gasteiger charge is -2.12. The Morgan fingerprint density at radius 3 is 1.00 bits per heavy atom. The Bertz CT molecular complexity index is 2210. The summed E-state index contributed by atoms with van der Waals surface area (Å²) in [5.41, 5.74) is 3.73. The molecule has 2 aromatic heterocycles. The van der Waals surface area contributed by atoms with Crippen LogP contribution >= 0.6 is 0 Å². The molecule has 8 rings (SSSR count). The Balaban J connectivity index is 0.929. The van der Waals surface area contributed by atoms with Gasteiger partial charge in [0.05, 0.1) is 0 Å². The summed E-state index contributed by atoms with van der Waals surface area (Å²) in [4.78, 5) is 18.1. The largest absolute Gasteiger partial charge is 0.439 e. The summed E-state index contributed by atoms with van der Waals surface area (Å²) in [6.45, 7) is 0. The molecule has 0 aliphatic heterocycles. The number of para-hydroxylation sites is 4. The molecule has 10 heteroatoms. The summed E-state index contributed by atoms with van der Waals surface area (Å²) in [6, 6.07) is 57.5.